The number of ether oxygens (including phenoxy) is 1. The quantitative estimate of drug-likeness (QED) is 0.733. The fourth-order valence-electron chi connectivity index (χ4n) is 1.34. The minimum absolute atomic E-state index is 0.0664. The van der Waals surface area contributed by atoms with Crippen LogP contribution in [0.3, 0.4) is 0 Å². The zero-order valence-electron chi connectivity index (χ0n) is 10.7. The number of aliphatic hydroxyl groups is 1. The second-order valence-electron chi connectivity index (χ2n) is 5.76. The van der Waals surface area contributed by atoms with E-state index in [9.17, 15) is 9.90 Å². The van der Waals surface area contributed by atoms with Crippen LogP contribution in [0, 0.1) is 16.7 Å². The van der Waals surface area contributed by atoms with E-state index in [0.717, 1.165) is 0 Å². The van der Waals surface area contributed by atoms with Crippen molar-refractivity contribution >= 4 is 5.91 Å². The number of rotatable bonds is 5. The van der Waals surface area contributed by atoms with Crippen LogP contribution >= 0.6 is 0 Å². The van der Waals surface area contributed by atoms with Crippen LogP contribution in [0.5, 0.6) is 0 Å². The highest BCUT2D eigenvalue weighted by molar-refractivity contribution is 5.83. The van der Waals surface area contributed by atoms with Gasteiger partial charge in [0.15, 0.2) is 0 Å². The van der Waals surface area contributed by atoms with Crippen LogP contribution in [0.1, 0.15) is 27.7 Å². The molecular weight excluding hydrogens is 206 g/mol. The minimum atomic E-state index is -0.687. The highest BCUT2D eigenvalue weighted by Gasteiger charge is 2.45. The Kier molecular flexibility index (Phi) is 3.97. The van der Waals surface area contributed by atoms with E-state index in [-0.39, 0.29) is 17.9 Å². The van der Waals surface area contributed by atoms with Crippen molar-refractivity contribution < 1.29 is 14.6 Å². The molecule has 94 valence electrons. The molecule has 1 fully saturated rings. The molecule has 1 aliphatic heterocycles. The first kappa shape index (κ1) is 13.5. The Hall–Kier alpha value is -0.610. The first-order valence-corrected chi connectivity index (χ1v) is 5.81. The van der Waals surface area contributed by atoms with Crippen molar-refractivity contribution in [2.75, 3.05) is 26.4 Å². The molecule has 1 aliphatic rings. The normalized spacial score (nSPS) is 19.4. The molecule has 0 spiro atoms. The zero-order valence-corrected chi connectivity index (χ0v) is 10.7. The third kappa shape index (κ3) is 2.55. The van der Waals surface area contributed by atoms with E-state index in [0.29, 0.717) is 25.7 Å². The van der Waals surface area contributed by atoms with Crippen molar-refractivity contribution in [2.24, 2.45) is 16.7 Å². The van der Waals surface area contributed by atoms with E-state index >= 15 is 0 Å². The number of amides is 1. The van der Waals surface area contributed by atoms with Gasteiger partial charge >= 0.3 is 0 Å². The molecule has 4 heteroatoms. The summed E-state index contributed by atoms with van der Waals surface area (Å²) >= 11 is 0. The summed E-state index contributed by atoms with van der Waals surface area (Å²) in [7, 11) is 0. The van der Waals surface area contributed by atoms with E-state index < -0.39 is 5.41 Å². The Balaban J connectivity index is 2.47. The van der Waals surface area contributed by atoms with Gasteiger partial charge < -0.3 is 15.2 Å². The van der Waals surface area contributed by atoms with Crippen molar-refractivity contribution in [3.8, 4) is 0 Å². The van der Waals surface area contributed by atoms with Gasteiger partial charge in [-0.05, 0) is 11.3 Å². The monoisotopic (exact) mass is 229 g/mol. The van der Waals surface area contributed by atoms with Gasteiger partial charge in [0.25, 0.3) is 0 Å². The van der Waals surface area contributed by atoms with Gasteiger partial charge in [-0.2, -0.15) is 0 Å². The fourth-order valence-corrected chi connectivity index (χ4v) is 1.34. The van der Waals surface area contributed by atoms with Crippen LogP contribution in [0.4, 0.5) is 0 Å². The van der Waals surface area contributed by atoms with Gasteiger partial charge in [-0.15, -0.1) is 0 Å². The van der Waals surface area contributed by atoms with Crippen molar-refractivity contribution in [3.63, 3.8) is 0 Å². The van der Waals surface area contributed by atoms with Crippen molar-refractivity contribution in [1.82, 2.24) is 5.32 Å². The van der Waals surface area contributed by atoms with E-state index in [2.05, 4.69) is 33.0 Å². The Morgan fingerprint density at radius 1 is 1.50 bits per heavy atom. The fraction of sp³-hybridized carbons (Fsp3) is 0.917. The van der Waals surface area contributed by atoms with Gasteiger partial charge in [0, 0.05) is 6.54 Å². The van der Waals surface area contributed by atoms with Crippen molar-refractivity contribution in [2.45, 2.75) is 27.7 Å². The number of nitrogens with one attached hydrogen (secondary N) is 1. The lowest BCUT2D eigenvalue weighted by Crippen LogP contribution is -2.57. The lowest BCUT2D eigenvalue weighted by Gasteiger charge is -2.39. The van der Waals surface area contributed by atoms with Crippen molar-refractivity contribution in [3.05, 3.63) is 0 Å². The molecule has 0 radical (unpaired) electrons. The molecule has 0 bridgehead atoms. The number of carbonyl (C=O) groups is 1. The highest BCUT2D eigenvalue weighted by atomic mass is 16.5. The molecule has 0 aromatic heterocycles. The second-order valence-corrected chi connectivity index (χ2v) is 5.76. The molecule has 2 N–H and O–H groups in total. The standard InChI is InChI=1S/C12H23NO3/c1-9(2)11(3,4)5-13-10(15)12(6-14)7-16-8-12/h9,14H,5-8H2,1-4H3,(H,13,15). The summed E-state index contributed by atoms with van der Waals surface area (Å²) in [5.41, 5.74) is -0.621. The highest BCUT2D eigenvalue weighted by Crippen LogP contribution is 2.29. The predicted molar refractivity (Wildman–Crippen MR) is 62.0 cm³/mol. The molecular formula is C12H23NO3. The first-order valence-electron chi connectivity index (χ1n) is 5.81. The van der Waals surface area contributed by atoms with Crippen LogP contribution in [-0.4, -0.2) is 37.4 Å². The number of hydrogen-bond acceptors (Lipinski definition) is 3. The Labute approximate surface area is 97.4 Å². The maximum absolute atomic E-state index is 11.9. The van der Waals surface area contributed by atoms with Crippen LogP contribution in [0.15, 0.2) is 0 Å². The molecule has 0 unspecified atom stereocenters. The van der Waals surface area contributed by atoms with Crippen LogP contribution < -0.4 is 5.32 Å². The second kappa shape index (κ2) is 4.72. The van der Waals surface area contributed by atoms with Gasteiger partial charge in [0.1, 0.15) is 5.41 Å². The van der Waals surface area contributed by atoms with E-state index in [1.807, 2.05) is 0 Å². The molecule has 0 aromatic carbocycles. The topological polar surface area (TPSA) is 58.6 Å². The molecule has 1 rings (SSSR count). The Morgan fingerprint density at radius 3 is 2.38 bits per heavy atom. The maximum Gasteiger partial charge on any atom is 0.233 e. The number of hydrogen-bond donors (Lipinski definition) is 2. The van der Waals surface area contributed by atoms with Gasteiger partial charge in [0.05, 0.1) is 19.8 Å². The summed E-state index contributed by atoms with van der Waals surface area (Å²) in [4.78, 5) is 11.9. The molecule has 1 saturated heterocycles. The van der Waals surface area contributed by atoms with E-state index in [1.54, 1.807) is 0 Å². The molecule has 1 amide bonds. The number of aliphatic hydroxyl groups excluding tert-OH is 1. The summed E-state index contributed by atoms with van der Waals surface area (Å²) in [6.45, 7) is 9.68. The predicted octanol–water partition coefficient (Wildman–Crippen LogP) is 0.794. The smallest absolute Gasteiger partial charge is 0.233 e. The lowest BCUT2D eigenvalue weighted by atomic mass is 9.80. The van der Waals surface area contributed by atoms with Gasteiger partial charge in [-0.3, -0.25) is 4.79 Å². The SMILES string of the molecule is CC(C)C(C)(C)CNC(=O)C1(CO)COC1. The summed E-state index contributed by atoms with van der Waals surface area (Å²) in [6, 6.07) is 0. The molecule has 16 heavy (non-hydrogen) atoms. The lowest BCUT2D eigenvalue weighted by molar-refractivity contribution is -0.170. The molecule has 4 nitrogen and oxygen atoms in total. The van der Waals surface area contributed by atoms with E-state index in [4.69, 9.17) is 4.74 Å². The largest absolute Gasteiger partial charge is 0.395 e. The van der Waals surface area contributed by atoms with Gasteiger partial charge in [-0.1, -0.05) is 27.7 Å². The van der Waals surface area contributed by atoms with Crippen LogP contribution in [0.25, 0.3) is 0 Å². The number of carbonyl (C=O) groups excluding carboxylic acids is 1. The third-order valence-electron chi connectivity index (χ3n) is 3.81. The van der Waals surface area contributed by atoms with Gasteiger partial charge in [0.2, 0.25) is 5.91 Å². The van der Waals surface area contributed by atoms with Crippen LogP contribution in [-0.2, 0) is 9.53 Å². The Bertz CT molecular complexity index is 251. The maximum atomic E-state index is 11.9. The average molecular weight is 229 g/mol. The first-order chi connectivity index (χ1) is 7.34. The molecule has 1 heterocycles. The summed E-state index contributed by atoms with van der Waals surface area (Å²) in [5.74, 6) is 0.408. The van der Waals surface area contributed by atoms with Crippen molar-refractivity contribution in [1.29, 1.82) is 0 Å². The summed E-state index contributed by atoms with van der Waals surface area (Å²) in [6.07, 6.45) is 0. The Morgan fingerprint density at radius 2 is 2.06 bits per heavy atom. The molecule has 0 aromatic rings. The minimum Gasteiger partial charge on any atom is -0.395 e. The zero-order chi connectivity index (χ0) is 12.4. The summed E-state index contributed by atoms with van der Waals surface area (Å²) < 4.78 is 5.01. The summed E-state index contributed by atoms with van der Waals surface area (Å²) in [5, 5.41) is 12.1. The third-order valence-corrected chi connectivity index (χ3v) is 3.81. The van der Waals surface area contributed by atoms with Gasteiger partial charge in [-0.25, -0.2) is 0 Å². The molecule has 0 atom stereocenters. The molecule has 0 saturated carbocycles. The van der Waals surface area contributed by atoms with Crippen LogP contribution in [0.2, 0.25) is 0 Å². The van der Waals surface area contributed by atoms with E-state index in [1.165, 1.54) is 0 Å². The molecule has 0 aliphatic carbocycles. The average Bonchev–Trinajstić information content (AvgIpc) is 2.14.